The minimum absolute atomic E-state index is 0.0708. The lowest BCUT2D eigenvalue weighted by atomic mass is 9.97. The minimum atomic E-state index is -3.26. The maximum absolute atomic E-state index is 11.9. The average molecular weight is 467 g/mol. The van der Waals surface area contributed by atoms with Gasteiger partial charge in [0.1, 0.15) is 0 Å². The van der Waals surface area contributed by atoms with E-state index in [9.17, 15) is 16.8 Å². The lowest BCUT2D eigenvalue weighted by Crippen LogP contribution is -2.33. The molecule has 0 bridgehead atoms. The highest BCUT2D eigenvalue weighted by Gasteiger charge is 2.17. The quantitative estimate of drug-likeness (QED) is 0.499. The topological polar surface area (TPSA) is 92.3 Å². The maximum Gasteiger partial charge on any atom is 0.213 e. The first-order valence-electron chi connectivity index (χ1n) is 10.7. The third-order valence-corrected chi connectivity index (χ3v) is 8.59. The van der Waals surface area contributed by atoms with Gasteiger partial charge in [-0.3, -0.25) is 0 Å². The van der Waals surface area contributed by atoms with E-state index in [0.29, 0.717) is 25.9 Å². The number of hydrogen-bond acceptors (Lipinski definition) is 4. The Hall–Kier alpha value is -1.74. The smallest absolute Gasteiger partial charge is 0.213 e. The molecule has 0 aliphatic rings. The molecular weight excluding hydrogens is 432 g/mol. The average Bonchev–Trinajstić information content (AvgIpc) is 2.72. The van der Waals surface area contributed by atoms with Crippen LogP contribution in [0.3, 0.4) is 0 Å². The highest BCUT2D eigenvalue weighted by molar-refractivity contribution is 7.90. The van der Waals surface area contributed by atoms with E-state index >= 15 is 0 Å². The monoisotopic (exact) mass is 466 g/mol. The summed E-state index contributed by atoms with van der Waals surface area (Å²) >= 11 is 0. The van der Waals surface area contributed by atoms with E-state index in [2.05, 4.69) is 9.44 Å². The summed E-state index contributed by atoms with van der Waals surface area (Å²) in [5.74, 6) is 0.228. The van der Waals surface area contributed by atoms with Crippen LogP contribution in [-0.2, 0) is 26.5 Å². The molecule has 2 N–H and O–H groups in total. The first-order chi connectivity index (χ1) is 14.5. The van der Waals surface area contributed by atoms with E-state index in [-0.39, 0.29) is 11.7 Å². The summed E-state index contributed by atoms with van der Waals surface area (Å²) in [6.07, 6.45) is 1.25. The Bertz CT molecular complexity index is 1030. The molecule has 2 aromatic carbocycles. The van der Waals surface area contributed by atoms with Crippen LogP contribution in [0.25, 0.3) is 11.1 Å². The zero-order valence-corrected chi connectivity index (χ0v) is 20.4. The molecule has 0 amide bonds. The van der Waals surface area contributed by atoms with E-state index in [1.54, 1.807) is 13.8 Å². The second-order valence-electron chi connectivity index (χ2n) is 8.13. The van der Waals surface area contributed by atoms with E-state index in [0.717, 1.165) is 22.3 Å². The van der Waals surface area contributed by atoms with Gasteiger partial charge >= 0.3 is 0 Å². The van der Waals surface area contributed by atoms with Gasteiger partial charge in [0.15, 0.2) is 0 Å². The first-order valence-corrected chi connectivity index (χ1v) is 13.9. The fourth-order valence-electron chi connectivity index (χ4n) is 3.09. The molecule has 0 saturated carbocycles. The Morgan fingerprint density at radius 2 is 1.35 bits per heavy atom. The predicted octanol–water partition coefficient (Wildman–Crippen LogP) is 3.66. The molecule has 0 saturated heterocycles. The number of nitrogens with one attached hydrogen (secondary N) is 2. The second kappa shape index (κ2) is 11.2. The molecule has 1 unspecified atom stereocenters. The van der Waals surface area contributed by atoms with Crippen molar-refractivity contribution in [1.29, 1.82) is 0 Å². The lowest BCUT2D eigenvalue weighted by molar-refractivity contribution is 0.566. The van der Waals surface area contributed by atoms with Crippen molar-refractivity contribution in [2.45, 2.75) is 51.7 Å². The van der Waals surface area contributed by atoms with Crippen molar-refractivity contribution in [3.63, 3.8) is 0 Å². The summed E-state index contributed by atoms with van der Waals surface area (Å²) in [6, 6.07) is 16.2. The fourth-order valence-corrected chi connectivity index (χ4v) is 5.00. The van der Waals surface area contributed by atoms with Crippen LogP contribution in [0.1, 0.15) is 51.2 Å². The van der Waals surface area contributed by atoms with Crippen molar-refractivity contribution in [3.8, 4) is 11.1 Å². The van der Waals surface area contributed by atoms with Gasteiger partial charge in [-0.15, -0.1) is 0 Å². The van der Waals surface area contributed by atoms with Gasteiger partial charge in [-0.25, -0.2) is 26.3 Å². The molecule has 0 spiro atoms. The van der Waals surface area contributed by atoms with Crippen LogP contribution in [0.5, 0.6) is 0 Å². The van der Waals surface area contributed by atoms with E-state index < -0.39 is 25.3 Å². The van der Waals surface area contributed by atoms with Gasteiger partial charge in [-0.05, 0) is 54.9 Å². The van der Waals surface area contributed by atoms with Crippen LogP contribution in [0.15, 0.2) is 48.5 Å². The molecule has 172 valence electrons. The number of sulfonamides is 2. The van der Waals surface area contributed by atoms with Gasteiger partial charge in [0.05, 0.1) is 11.0 Å². The van der Waals surface area contributed by atoms with Crippen molar-refractivity contribution in [3.05, 3.63) is 59.7 Å². The highest BCUT2D eigenvalue weighted by Crippen LogP contribution is 2.23. The summed E-state index contributed by atoms with van der Waals surface area (Å²) in [5, 5.41) is -0.443. The number of rotatable bonds is 12. The van der Waals surface area contributed by atoms with E-state index in [1.807, 2.05) is 62.4 Å². The Morgan fingerprint density at radius 3 is 1.87 bits per heavy atom. The van der Waals surface area contributed by atoms with Crippen LogP contribution in [-0.4, -0.2) is 40.9 Å². The molecule has 0 heterocycles. The van der Waals surface area contributed by atoms with Gasteiger partial charge in [0.25, 0.3) is 0 Å². The van der Waals surface area contributed by atoms with Crippen molar-refractivity contribution in [1.82, 2.24) is 9.44 Å². The van der Waals surface area contributed by atoms with E-state index in [4.69, 9.17) is 0 Å². The van der Waals surface area contributed by atoms with Crippen LogP contribution < -0.4 is 9.44 Å². The fraction of sp³-hybridized carbons (Fsp3) is 0.478. The molecule has 2 aromatic rings. The molecule has 6 nitrogen and oxygen atoms in total. The molecule has 0 aromatic heterocycles. The second-order valence-corrected chi connectivity index (χ2v) is 12.4. The predicted molar refractivity (Wildman–Crippen MR) is 128 cm³/mol. The van der Waals surface area contributed by atoms with Crippen LogP contribution >= 0.6 is 0 Å². The summed E-state index contributed by atoms with van der Waals surface area (Å²) in [6.45, 7) is 7.95. The molecule has 0 fully saturated rings. The highest BCUT2D eigenvalue weighted by atomic mass is 32.2. The van der Waals surface area contributed by atoms with Crippen molar-refractivity contribution in [2.24, 2.45) is 0 Å². The number of hydrogen-bond donors (Lipinski definition) is 2. The molecule has 2 rings (SSSR count). The summed E-state index contributed by atoms with van der Waals surface area (Å²) in [7, 11) is -6.43. The lowest BCUT2D eigenvalue weighted by Gasteiger charge is -2.15. The van der Waals surface area contributed by atoms with Crippen molar-refractivity contribution in [2.75, 3.05) is 18.8 Å². The third-order valence-electron chi connectivity index (χ3n) is 5.19. The standard InChI is InChI=1S/C23H34N2O4S2/c1-5-16-30(26,27)24-15-14-20-6-8-22(9-7-20)23-12-10-21(11-13-23)19(4)17-25-31(28,29)18(2)3/h6-13,18-19,24-25H,5,14-17H2,1-4H3. The van der Waals surface area contributed by atoms with Gasteiger partial charge in [0.2, 0.25) is 20.0 Å². The Kier molecular flexibility index (Phi) is 9.24. The zero-order chi connectivity index (χ0) is 23.1. The molecule has 0 aliphatic carbocycles. The van der Waals surface area contributed by atoms with Crippen LogP contribution in [0, 0.1) is 0 Å². The van der Waals surface area contributed by atoms with Crippen molar-refractivity contribution >= 4 is 20.0 Å². The van der Waals surface area contributed by atoms with Crippen LogP contribution in [0.4, 0.5) is 0 Å². The molecule has 0 aliphatic heterocycles. The molecule has 1 atom stereocenters. The van der Waals surface area contributed by atoms with E-state index in [1.165, 1.54) is 0 Å². The zero-order valence-electron chi connectivity index (χ0n) is 18.8. The molecule has 31 heavy (non-hydrogen) atoms. The summed E-state index contributed by atoms with van der Waals surface area (Å²) in [4.78, 5) is 0. The number of benzene rings is 2. The summed E-state index contributed by atoms with van der Waals surface area (Å²) in [5.41, 5.74) is 4.31. The summed E-state index contributed by atoms with van der Waals surface area (Å²) < 4.78 is 52.6. The van der Waals surface area contributed by atoms with Gasteiger partial charge < -0.3 is 0 Å². The van der Waals surface area contributed by atoms with Gasteiger partial charge in [0, 0.05) is 13.1 Å². The maximum atomic E-state index is 11.9. The third kappa shape index (κ3) is 8.03. The van der Waals surface area contributed by atoms with Gasteiger partial charge in [-0.1, -0.05) is 62.4 Å². The molecular formula is C23H34N2O4S2. The molecule has 8 heteroatoms. The normalized spacial score (nSPS) is 13.5. The van der Waals surface area contributed by atoms with Gasteiger partial charge in [-0.2, -0.15) is 0 Å². The van der Waals surface area contributed by atoms with Crippen LogP contribution in [0.2, 0.25) is 0 Å². The Labute approximate surface area is 187 Å². The van der Waals surface area contributed by atoms with Crippen molar-refractivity contribution < 1.29 is 16.8 Å². The Balaban J connectivity index is 1.94. The molecule has 0 radical (unpaired) electrons. The SMILES string of the molecule is CCCS(=O)(=O)NCCc1ccc(-c2ccc(C(C)CNS(=O)(=O)C(C)C)cc2)cc1. The Morgan fingerprint density at radius 1 is 0.806 bits per heavy atom. The largest absolute Gasteiger partial charge is 0.215 e. The first kappa shape index (κ1) is 25.5. The minimum Gasteiger partial charge on any atom is -0.215 e.